The van der Waals surface area contributed by atoms with Crippen molar-refractivity contribution in [2.24, 2.45) is 0 Å². The van der Waals surface area contributed by atoms with E-state index < -0.39 is 5.82 Å². The highest BCUT2D eigenvalue weighted by atomic mass is 19.1. The van der Waals surface area contributed by atoms with E-state index in [0.29, 0.717) is 11.4 Å². The van der Waals surface area contributed by atoms with Gasteiger partial charge in [0.1, 0.15) is 11.6 Å². The Hall–Kier alpha value is -1.16. The standard InChI is InChI=1S/C9H13FN2O/c1-6(2)12-9-7(5-13)3-8(10)4-11-9/h3-4,6,13H,5H2,1-2H3,(H,11,12). The quantitative estimate of drug-likeness (QED) is 0.748. The highest BCUT2D eigenvalue weighted by Crippen LogP contribution is 2.14. The molecule has 1 aromatic heterocycles. The minimum absolute atomic E-state index is 0.209. The SMILES string of the molecule is CC(C)Nc1ncc(F)cc1CO. The molecule has 0 atom stereocenters. The first kappa shape index (κ1) is 9.92. The van der Waals surface area contributed by atoms with Crippen LogP contribution < -0.4 is 5.32 Å². The Morgan fingerprint density at radius 3 is 2.85 bits per heavy atom. The molecule has 3 nitrogen and oxygen atoms in total. The van der Waals surface area contributed by atoms with Gasteiger partial charge in [0.05, 0.1) is 12.8 Å². The Morgan fingerprint density at radius 1 is 1.62 bits per heavy atom. The monoisotopic (exact) mass is 184 g/mol. The van der Waals surface area contributed by atoms with Crippen LogP contribution in [0.25, 0.3) is 0 Å². The van der Waals surface area contributed by atoms with Gasteiger partial charge in [0.15, 0.2) is 0 Å². The number of pyridine rings is 1. The van der Waals surface area contributed by atoms with Crippen LogP contribution in [-0.2, 0) is 6.61 Å². The van der Waals surface area contributed by atoms with Crippen molar-refractivity contribution in [1.82, 2.24) is 4.98 Å². The first-order chi connectivity index (χ1) is 6.13. The summed E-state index contributed by atoms with van der Waals surface area (Å²) >= 11 is 0. The van der Waals surface area contributed by atoms with Crippen molar-refractivity contribution in [2.45, 2.75) is 26.5 Å². The number of nitrogens with one attached hydrogen (secondary N) is 1. The number of rotatable bonds is 3. The van der Waals surface area contributed by atoms with Gasteiger partial charge in [-0.2, -0.15) is 0 Å². The molecule has 1 aromatic rings. The van der Waals surface area contributed by atoms with Crippen LogP contribution in [-0.4, -0.2) is 16.1 Å². The molecule has 4 heteroatoms. The molecule has 0 unspecified atom stereocenters. The van der Waals surface area contributed by atoms with Crippen LogP contribution in [0.1, 0.15) is 19.4 Å². The third-order valence-corrected chi connectivity index (χ3v) is 1.53. The van der Waals surface area contributed by atoms with E-state index in [1.54, 1.807) is 0 Å². The number of aliphatic hydroxyl groups excluding tert-OH is 1. The molecule has 0 saturated heterocycles. The third kappa shape index (κ3) is 2.66. The molecule has 0 aliphatic heterocycles. The first-order valence-electron chi connectivity index (χ1n) is 4.15. The van der Waals surface area contributed by atoms with Gasteiger partial charge in [-0.25, -0.2) is 9.37 Å². The molecule has 0 fully saturated rings. The number of halogens is 1. The van der Waals surface area contributed by atoms with Gasteiger partial charge in [0.25, 0.3) is 0 Å². The maximum absolute atomic E-state index is 12.7. The molecule has 0 saturated carbocycles. The average molecular weight is 184 g/mol. The zero-order valence-corrected chi connectivity index (χ0v) is 7.71. The Bertz CT molecular complexity index is 289. The summed E-state index contributed by atoms with van der Waals surface area (Å²) in [5.74, 6) is 0.109. The Morgan fingerprint density at radius 2 is 2.31 bits per heavy atom. The van der Waals surface area contributed by atoms with Crippen LogP contribution in [0.2, 0.25) is 0 Å². The normalized spacial score (nSPS) is 10.5. The minimum Gasteiger partial charge on any atom is -0.392 e. The fourth-order valence-corrected chi connectivity index (χ4v) is 1.01. The van der Waals surface area contributed by atoms with Crippen LogP contribution in [0.4, 0.5) is 10.2 Å². The second-order valence-electron chi connectivity index (χ2n) is 3.12. The first-order valence-corrected chi connectivity index (χ1v) is 4.15. The molecule has 2 N–H and O–H groups in total. The van der Waals surface area contributed by atoms with Crippen molar-refractivity contribution >= 4 is 5.82 Å². The Balaban J connectivity index is 2.92. The van der Waals surface area contributed by atoms with Gasteiger partial charge in [-0.05, 0) is 19.9 Å². The number of nitrogens with zero attached hydrogens (tertiary/aromatic N) is 1. The van der Waals surface area contributed by atoms with Gasteiger partial charge in [-0.15, -0.1) is 0 Å². The molecule has 0 aliphatic rings. The third-order valence-electron chi connectivity index (χ3n) is 1.53. The predicted octanol–water partition coefficient (Wildman–Crippen LogP) is 1.53. The molecule has 1 heterocycles. The molecule has 0 aliphatic carbocycles. The van der Waals surface area contributed by atoms with Crippen LogP contribution in [0.15, 0.2) is 12.3 Å². The van der Waals surface area contributed by atoms with E-state index in [2.05, 4.69) is 10.3 Å². The number of anilines is 1. The summed E-state index contributed by atoms with van der Waals surface area (Å²) < 4.78 is 12.7. The summed E-state index contributed by atoms with van der Waals surface area (Å²) in [6.45, 7) is 3.69. The topological polar surface area (TPSA) is 45.2 Å². The lowest BCUT2D eigenvalue weighted by Crippen LogP contribution is -2.13. The van der Waals surface area contributed by atoms with Gasteiger partial charge >= 0.3 is 0 Å². The number of hydrogen-bond acceptors (Lipinski definition) is 3. The van der Waals surface area contributed by atoms with Gasteiger partial charge in [-0.1, -0.05) is 0 Å². The molecule has 1 rings (SSSR count). The average Bonchev–Trinajstić information content (AvgIpc) is 2.07. The van der Waals surface area contributed by atoms with Crippen molar-refractivity contribution < 1.29 is 9.50 Å². The second kappa shape index (κ2) is 4.18. The fraction of sp³-hybridized carbons (Fsp3) is 0.444. The van der Waals surface area contributed by atoms with E-state index in [0.717, 1.165) is 6.20 Å². The van der Waals surface area contributed by atoms with Gasteiger partial charge in [0.2, 0.25) is 0 Å². The zero-order chi connectivity index (χ0) is 9.84. The lowest BCUT2D eigenvalue weighted by molar-refractivity contribution is 0.281. The lowest BCUT2D eigenvalue weighted by atomic mass is 10.2. The largest absolute Gasteiger partial charge is 0.392 e. The van der Waals surface area contributed by atoms with Crippen molar-refractivity contribution in [3.8, 4) is 0 Å². The van der Waals surface area contributed by atoms with Crippen LogP contribution in [0, 0.1) is 5.82 Å². The van der Waals surface area contributed by atoms with Gasteiger partial charge in [-0.3, -0.25) is 0 Å². The molecule has 72 valence electrons. The molecular weight excluding hydrogens is 171 g/mol. The molecule has 0 spiro atoms. The van der Waals surface area contributed by atoms with Crippen LogP contribution >= 0.6 is 0 Å². The molecule has 13 heavy (non-hydrogen) atoms. The summed E-state index contributed by atoms with van der Waals surface area (Å²) in [5, 5.41) is 11.9. The minimum atomic E-state index is -0.432. The van der Waals surface area contributed by atoms with Crippen molar-refractivity contribution in [1.29, 1.82) is 0 Å². The van der Waals surface area contributed by atoms with Crippen molar-refractivity contribution in [2.75, 3.05) is 5.32 Å². The molecule has 0 bridgehead atoms. The van der Waals surface area contributed by atoms with Gasteiger partial charge in [0, 0.05) is 11.6 Å². The van der Waals surface area contributed by atoms with E-state index >= 15 is 0 Å². The van der Waals surface area contributed by atoms with Crippen molar-refractivity contribution in [3.05, 3.63) is 23.6 Å². The highest BCUT2D eigenvalue weighted by Gasteiger charge is 2.05. The summed E-state index contributed by atoms with van der Waals surface area (Å²) in [5.41, 5.74) is 0.480. The van der Waals surface area contributed by atoms with E-state index in [1.807, 2.05) is 13.8 Å². The molecule has 0 amide bonds. The maximum Gasteiger partial charge on any atom is 0.142 e. The molecule has 0 radical (unpaired) electrons. The Kier molecular flexibility index (Phi) is 3.19. The van der Waals surface area contributed by atoms with Crippen LogP contribution in [0.3, 0.4) is 0 Å². The van der Waals surface area contributed by atoms with E-state index in [4.69, 9.17) is 5.11 Å². The van der Waals surface area contributed by atoms with Crippen LogP contribution in [0.5, 0.6) is 0 Å². The predicted molar refractivity (Wildman–Crippen MR) is 48.9 cm³/mol. The smallest absolute Gasteiger partial charge is 0.142 e. The van der Waals surface area contributed by atoms with Gasteiger partial charge < -0.3 is 10.4 Å². The molecular formula is C9H13FN2O. The number of aromatic nitrogens is 1. The lowest BCUT2D eigenvalue weighted by Gasteiger charge is -2.11. The Labute approximate surface area is 76.6 Å². The number of hydrogen-bond donors (Lipinski definition) is 2. The summed E-state index contributed by atoms with van der Waals surface area (Å²) in [6, 6.07) is 1.49. The van der Waals surface area contributed by atoms with E-state index in [-0.39, 0.29) is 12.6 Å². The summed E-state index contributed by atoms with van der Waals surface area (Å²) in [6.07, 6.45) is 1.13. The highest BCUT2D eigenvalue weighted by molar-refractivity contribution is 5.44. The summed E-state index contributed by atoms with van der Waals surface area (Å²) in [4.78, 5) is 3.84. The number of aliphatic hydroxyl groups is 1. The van der Waals surface area contributed by atoms with E-state index in [1.165, 1.54) is 6.07 Å². The second-order valence-corrected chi connectivity index (χ2v) is 3.12. The van der Waals surface area contributed by atoms with E-state index in [9.17, 15) is 4.39 Å². The maximum atomic E-state index is 12.7. The zero-order valence-electron chi connectivity index (χ0n) is 7.71. The van der Waals surface area contributed by atoms with Crippen molar-refractivity contribution in [3.63, 3.8) is 0 Å². The molecule has 0 aromatic carbocycles. The fourth-order valence-electron chi connectivity index (χ4n) is 1.01. The summed E-state index contributed by atoms with van der Waals surface area (Å²) in [7, 11) is 0.